The number of hydrogen-bond acceptors (Lipinski definition) is 4. The Morgan fingerprint density at radius 3 is 2.57 bits per heavy atom. The molecule has 1 aliphatic rings. The largest absolute Gasteiger partial charge is 0.494 e. The first-order valence-corrected chi connectivity index (χ1v) is 11.1. The summed E-state index contributed by atoms with van der Waals surface area (Å²) in [5.41, 5.74) is 1.84. The third kappa shape index (κ3) is 6.61. The Morgan fingerprint density at radius 1 is 1.13 bits per heavy atom. The molecule has 0 spiro atoms. The molecular formula is C24H35N3O3. The summed E-state index contributed by atoms with van der Waals surface area (Å²) < 4.78 is 13.2. The second-order valence-electron chi connectivity index (χ2n) is 7.87. The lowest BCUT2D eigenvalue weighted by Gasteiger charge is -2.28. The molecule has 164 valence electrons. The van der Waals surface area contributed by atoms with Gasteiger partial charge >= 0.3 is 0 Å². The van der Waals surface area contributed by atoms with Crippen LogP contribution in [0.5, 0.6) is 5.75 Å². The van der Waals surface area contributed by atoms with Crippen molar-refractivity contribution >= 4 is 5.91 Å². The van der Waals surface area contributed by atoms with Crippen LogP contribution >= 0.6 is 0 Å². The van der Waals surface area contributed by atoms with Gasteiger partial charge in [0.15, 0.2) is 0 Å². The number of morpholine rings is 1. The topological polar surface area (TPSA) is 46.9 Å². The normalized spacial score (nSPS) is 14.6. The molecule has 0 N–H and O–H groups in total. The molecule has 3 rings (SSSR count). The molecule has 0 saturated carbocycles. The van der Waals surface area contributed by atoms with Crippen molar-refractivity contribution < 1.29 is 14.3 Å². The molecule has 30 heavy (non-hydrogen) atoms. The molecule has 6 nitrogen and oxygen atoms in total. The zero-order valence-electron chi connectivity index (χ0n) is 18.4. The predicted molar refractivity (Wildman–Crippen MR) is 119 cm³/mol. The zero-order valence-corrected chi connectivity index (χ0v) is 18.4. The first-order chi connectivity index (χ1) is 14.7. The minimum Gasteiger partial charge on any atom is -0.494 e. The van der Waals surface area contributed by atoms with E-state index in [-0.39, 0.29) is 5.91 Å². The molecule has 2 aromatic rings. The number of hydrogen-bond donors (Lipinski definition) is 0. The van der Waals surface area contributed by atoms with Gasteiger partial charge in [0.05, 0.1) is 26.4 Å². The quantitative estimate of drug-likeness (QED) is 0.529. The Labute approximate surface area is 180 Å². The number of unbranched alkanes of at least 4 members (excludes halogenated alkanes) is 1. The van der Waals surface area contributed by atoms with Crippen LogP contribution in [-0.4, -0.2) is 66.3 Å². The van der Waals surface area contributed by atoms with E-state index in [0.717, 1.165) is 70.1 Å². The number of ether oxygens (including phenoxy) is 2. The van der Waals surface area contributed by atoms with Crippen LogP contribution in [0, 0.1) is 0 Å². The molecule has 0 bridgehead atoms. The molecule has 0 radical (unpaired) electrons. The summed E-state index contributed by atoms with van der Waals surface area (Å²) >= 11 is 0. The van der Waals surface area contributed by atoms with Crippen LogP contribution in [0.1, 0.15) is 42.2 Å². The SMILES string of the molecule is CCCCOc1ccc(C(=O)N(CCCN2CCOCC2)Cc2cccn2C)cc1. The summed E-state index contributed by atoms with van der Waals surface area (Å²) in [6, 6.07) is 11.7. The Kier molecular flexibility index (Phi) is 8.78. The Bertz CT molecular complexity index is 766. The highest BCUT2D eigenvalue weighted by molar-refractivity contribution is 5.94. The van der Waals surface area contributed by atoms with E-state index in [2.05, 4.69) is 22.5 Å². The van der Waals surface area contributed by atoms with Gasteiger partial charge in [0.1, 0.15) is 5.75 Å². The molecule has 0 unspecified atom stereocenters. The summed E-state index contributed by atoms with van der Waals surface area (Å²) in [6.45, 7) is 8.76. The van der Waals surface area contributed by atoms with Crippen LogP contribution in [-0.2, 0) is 18.3 Å². The molecule has 6 heteroatoms. The maximum Gasteiger partial charge on any atom is 0.254 e. The number of amides is 1. The summed E-state index contributed by atoms with van der Waals surface area (Å²) in [6.07, 6.45) is 5.12. The van der Waals surface area contributed by atoms with Gasteiger partial charge in [0.25, 0.3) is 5.91 Å². The molecule has 2 heterocycles. The molecule has 1 amide bonds. The fourth-order valence-electron chi connectivity index (χ4n) is 3.63. The van der Waals surface area contributed by atoms with Crippen LogP contribution in [0.4, 0.5) is 0 Å². The Morgan fingerprint density at radius 2 is 1.90 bits per heavy atom. The lowest BCUT2D eigenvalue weighted by Crippen LogP contribution is -2.39. The molecular weight excluding hydrogens is 378 g/mol. The number of aryl methyl sites for hydroxylation is 1. The van der Waals surface area contributed by atoms with Crippen molar-refractivity contribution in [2.24, 2.45) is 7.05 Å². The predicted octanol–water partition coefficient (Wildman–Crippen LogP) is 3.57. The maximum absolute atomic E-state index is 13.3. The summed E-state index contributed by atoms with van der Waals surface area (Å²) in [5.74, 6) is 0.889. The van der Waals surface area contributed by atoms with Crippen LogP contribution in [0.15, 0.2) is 42.6 Å². The molecule has 1 aliphatic heterocycles. The van der Waals surface area contributed by atoms with Crippen LogP contribution < -0.4 is 4.74 Å². The number of carbonyl (C=O) groups excluding carboxylic acids is 1. The van der Waals surface area contributed by atoms with E-state index in [1.54, 1.807) is 0 Å². The van der Waals surface area contributed by atoms with Crippen molar-refractivity contribution in [1.29, 1.82) is 0 Å². The van der Waals surface area contributed by atoms with E-state index in [0.29, 0.717) is 18.7 Å². The van der Waals surface area contributed by atoms with Crippen LogP contribution in [0.3, 0.4) is 0 Å². The third-order valence-electron chi connectivity index (χ3n) is 5.57. The van der Waals surface area contributed by atoms with E-state index in [1.165, 1.54) is 0 Å². The second kappa shape index (κ2) is 11.8. The average molecular weight is 414 g/mol. The van der Waals surface area contributed by atoms with Gasteiger partial charge in [-0.2, -0.15) is 0 Å². The van der Waals surface area contributed by atoms with Gasteiger partial charge in [-0.15, -0.1) is 0 Å². The summed E-state index contributed by atoms with van der Waals surface area (Å²) in [7, 11) is 2.02. The summed E-state index contributed by atoms with van der Waals surface area (Å²) in [4.78, 5) is 17.7. The molecule has 1 fully saturated rings. The van der Waals surface area contributed by atoms with Crippen molar-refractivity contribution in [2.75, 3.05) is 46.0 Å². The van der Waals surface area contributed by atoms with E-state index in [9.17, 15) is 4.79 Å². The minimum atomic E-state index is 0.0679. The monoisotopic (exact) mass is 413 g/mol. The van der Waals surface area contributed by atoms with Crippen LogP contribution in [0.25, 0.3) is 0 Å². The number of rotatable bonds is 11. The van der Waals surface area contributed by atoms with E-state index >= 15 is 0 Å². The van der Waals surface area contributed by atoms with E-state index in [4.69, 9.17) is 9.47 Å². The fourth-order valence-corrected chi connectivity index (χ4v) is 3.63. The van der Waals surface area contributed by atoms with E-state index < -0.39 is 0 Å². The molecule has 1 aromatic heterocycles. The van der Waals surface area contributed by atoms with Crippen molar-refractivity contribution in [3.05, 3.63) is 53.9 Å². The molecule has 1 aromatic carbocycles. The Hall–Kier alpha value is -2.31. The van der Waals surface area contributed by atoms with Crippen molar-refractivity contribution in [2.45, 2.75) is 32.7 Å². The Balaban J connectivity index is 1.62. The van der Waals surface area contributed by atoms with Gasteiger partial charge in [-0.3, -0.25) is 9.69 Å². The smallest absolute Gasteiger partial charge is 0.254 e. The van der Waals surface area contributed by atoms with Gasteiger partial charge in [-0.1, -0.05) is 13.3 Å². The fraction of sp³-hybridized carbons (Fsp3) is 0.542. The van der Waals surface area contributed by atoms with Gasteiger partial charge in [-0.05, 0) is 49.2 Å². The lowest BCUT2D eigenvalue weighted by atomic mass is 10.1. The number of nitrogens with zero attached hydrogens (tertiary/aromatic N) is 3. The van der Waals surface area contributed by atoms with E-state index in [1.807, 2.05) is 48.5 Å². The summed E-state index contributed by atoms with van der Waals surface area (Å²) in [5, 5.41) is 0. The van der Waals surface area contributed by atoms with Crippen molar-refractivity contribution in [3.63, 3.8) is 0 Å². The third-order valence-corrected chi connectivity index (χ3v) is 5.57. The second-order valence-corrected chi connectivity index (χ2v) is 7.87. The zero-order chi connectivity index (χ0) is 21.2. The lowest BCUT2D eigenvalue weighted by molar-refractivity contribution is 0.0355. The van der Waals surface area contributed by atoms with Crippen molar-refractivity contribution in [1.82, 2.24) is 14.4 Å². The highest BCUT2D eigenvalue weighted by Crippen LogP contribution is 2.16. The number of carbonyl (C=O) groups is 1. The van der Waals surface area contributed by atoms with Crippen LogP contribution in [0.2, 0.25) is 0 Å². The first kappa shape index (κ1) is 22.4. The molecule has 0 aliphatic carbocycles. The molecule has 1 saturated heterocycles. The molecule has 0 atom stereocenters. The number of aromatic nitrogens is 1. The highest BCUT2D eigenvalue weighted by Gasteiger charge is 2.18. The van der Waals surface area contributed by atoms with Gasteiger partial charge in [0.2, 0.25) is 0 Å². The van der Waals surface area contributed by atoms with Gasteiger partial charge in [-0.25, -0.2) is 0 Å². The first-order valence-electron chi connectivity index (χ1n) is 11.1. The number of benzene rings is 1. The average Bonchev–Trinajstić information content (AvgIpc) is 3.18. The maximum atomic E-state index is 13.3. The highest BCUT2D eigenvalue weighted by atomic mass is 16.5. The standard InChI is InChI=1S/C24H35N3O3/c1-3-4-17-30-23-10-8-21(9-11-23)24(28)27(20-22-7-5-12-25(22)2)14-6-13-26-15-18-29-19-16-26/h5,7-12H,3-4,6,13-20H2,1-2H3. The van der Waals surface area contributed by atoms with Gasteiger partial charge in [0, 0.05) is 50.7 Å². The van der Waals surface area contributed by atoms with Gasteiger partial charge < -0.3 is 18.9 Å². The minimum absolute atomic E-state index is 0.0679. The van der Waals surface area contributed by atoms with Crippen molar-refractivity contribution in [3.8, 4) is 5.75 Å².